The first-order chi connectivity index (χ1) is 15.7. The molecule has 1 aliphatic heterocycles. The third-order valence-corrected chi connectivity index (χ3v) is 6.14. The molecule has 1 atom stereocenters. The maximum Gasteiger partial charge on any atom is 0.255 e. The molecule has 2 heterocycles. The van der Waals surface area contributed by atoms with Crippen LogP contribution in [0.25, 0.3) is 0 Å². The second-order valence-corrected chi connectivity index (χ2v) is 9.21. The van der Waals surface area contributed by atoms with Crippen LogP contribution in [0, 0.1) is 5.41 Å². The second kappa shape index (κ2) is 8.73. The van der Waals surface area contributed by atoms with Crippen molar-refractivity contribution in [1.82, 2.24) is 10.3 Å². The molecule has 1 aromatic heterocycles. The van der Waals surface area contributed by atoms with Crippen LogP contribution < -0.4 is 20.1 Å². The number of rotatable bonds is 5. The van der Waals surface area contributed by atoms with Gasteiger partial charge in [0.2, 0.25) is 0 Å². The normalized spacial score (nSPS) is 19.5. The minimum absolute atomic E-state index is 0.0345. The Hall–Kier alpha value is -3.61. The van der Waals surface area contributed by atoms with E-state index in [9.17, 15) is 9.59 Å². The van der Waals surface area contributed by atoms with E-state index in [1.54, 1.807) is 44.7 Å². The van der Waals surface area contributed by atoms with Crippen LogP contribution in [0.3, 0.4) is 0 Å². The van der Waals surface area contributed by atoms with Gasteiger partial charge in [-0.05, 0) is 37.0 Å². The van der Waals surface area contributed by atoms with Crippen LogP contribution in [-0.2, 0) is 9.59 Å². The maximum atomic E-state index is 13.5. The Kier molecular flexibility index (Phi) is 5.97. The molecule has 2 aromatic rings. The number of hydrogen-bond acceptors (Lipinski definition) is 6. The number of ketones is 1. The number of aromatic nitrogens is 1. The summed E-state index contributed by atoms with van der Waals surface area (Å²) in [6.45, 7) is 6.04. The zero-order valence-electron chi connectivity index (χ0n) is 19.6. The monoisotopic (exact) mass is 447 g/mol. The Morgan fingerprint density at radius 3 is 2.61 bits per heavy atom. The Morgan fingerprint density at radius 2 is 1.94 bits per heavy atom. The first-order valence-electron chi connectivity index (χ1n) is 10.9. The molecule has 4 rings (SSSR count). The third-order valence-electron chi connectivity index (χ3n) is 6.14. The Labute approximate surface area is 193 Å². The zero-order valence-corrected chi connectivity index (χ0v) is 19.6. The van der Waals surface area contributed by atoms with Crippen molar-refractivity contribution >= 4 is 17.5 Å². The van der Waals surface area contributed by atoms with Gasteiger partial charge < -0.3 is 20.1 Å². The third kappa shape index (κ3) is 4.35. The van der Waals surface area contributed by atoms with Crippen molar-refractivity contribution in [2.45, 2.75) is 39.5 Å². The highest BCUT2D eigenvalue weighted by molar-refractivity contribution is 6.09. The van der Waals surface area contributed by atoms with Crippen molar-refractivity contribution in [3.8, 4) is 11.5 Å². The Bertz CT molecular complexity index is 1170. The number of methoxy groups -OCH3 is 2. The van der Waals surface area contributed by atoms with E-state index in [-0.39, 0.29) is 17.1 Å². The molecule has 2 aliphatic rings. The van der Waals surface area contributed by atoms with Gasteiger partial charge >= 0.3 is 0 Å². The van der Waals surface area contributed by atoms with Crippen LogP contribution in [-0.4, -0.2) is 30.9 Å². The van der Waals surface area contributed by atoms with Gasteiger partial charge in [0.1, 0.15) is 17.3 Å². The number of carbonyl (C=O) groups excluding carboxylic acids is 2. The van der Waals surface area contributed by atoms with Crippen molar-refractivity contribution in [1.29, 1.82) is 0 Å². The lowest BCUT2D eigenvalue weighted by atomic mass is 9.68. The fourth-order valence-electron chi connectivity index (χ4n) is 4.73. The molecule has 0 unspecified atom stereocenters. The highest BCUT2D eigenvalue weighted by Gasteiger charge is 2.43. The summed E-state index contributed by atoms with van der Waals surface area (Å²) >= 11 is 0. The number of pyridine rings is 1. The van der Waals surface area contributed by atoms with Crippen molar-refractivity contribution in [3.05, 3.63) is 70.7 Å². The van der Waals surface area contributed by atoms with Gasteiger partial charge in [0, 0.05) is 46.8 Å². The van der Waals surface area contributed by atoms with Gasteiger partial charge in [-0.15, -0.1) is 0 Å². The van der Waals surface area contributed by atoms with Crippen molar-refractivity contribution in [2.24, 2.45) is 5.41 Å². The van der Waals surface area contributed by atoms with E-state index in [2.05, 4.69) is 29.5 Å². The number of carbonyl (C=O) groups is 2. The fourth-order valence-corrected chi connectivity index (χ4v) is 4.73. The molecule has 0 spiro atoms. The maximum absolute atomic E-state index is 13.5. The quantitative estimate of drug-likeness (QED) is 0.709. The predicted octanol–water partition coefficient (Wildman–Crippen LogP) is 4.34. The molecule has 172 valence electrons. The number of amides is 1. The molecule has 7 heteroatoms. The summed E-state index contributed by atoms with van der Waals surface area (Å²) in [5.74, 6) is 0.781. The van der Waals surface area contributed by atoms with E-state index in [0.29, 0.717) is 40.6 Å². The number of allylic oxidation sites excluding steroid dienone is 3. The van der Waals surface area contributed by atoms with Crippen molar-refractivity contribution < 1.29 is 19.1 Å². The number of anilines is 1. The van der Waals surface area contributed by atoms with Gasteiger partial charge in [0.05, 0.1) is 20.1 Å². The lowest BCUT2D eigenvalue weighted by Crippen LogP contribution is -2.39. The van der Waals surface area contributed by atoms with Crippen LogP contribution in [0.1, 0.15) is 45.1 Å². The summed E-state index contributed by atoms with van der Waals surface area (Å²) in [5.41, 5.74) is 3.24. The summed E-state index contributed by atoms with van der Waals surface area (Å²) < 4.78 is 11.0. The van der Waals surface area contributed by atoms with Gasteiger partial charge in [-0.2, -0.15) is 0 Å². The largest absolute Gasteiger partial charge is 0.497 e. The lowest BCUT2D eigenvalue weighted by Gasteiger charge is -2.40. The van der Waals surface area contributed by atoms with E-state index in [0.717, 1.165) is 17.7 Å². The van der Waals surface area contributed by atoms with Crippen LogP contribution in [0.15, 0.2) is 65.1 Å². The predicted molar refractivity (Wildman–Crippen MR) is 126 cm³/mol. The Balaban J connectivity index is 1.87. The Morgan fingerprint density at radius 1 is 1.15 bits per heavy atom. The van der Waals surface area contributed by atoms with Gasteiger partial charge in [-0.1, -0.05) is 26.0 Å². The van der Waals surface area contributed by atoms with Gasteiger partial charge in [0.25, 0.3) is 5.91 Å². The number of nitrogens with zero attached hydrogens (tertiary/aromatic N) is 1. The van der Waals surface area contributed by atoms with E-state index in [1.807, 2.05) is 19.1 Å². The summed E-state index contributed by atoms with van der Waals surface area (Å²) in [5, 5.41) is 6.25. The van der Waals surface area contributed by atoms with Crippen molar-refractivity contribution in [2.75, 3.05) is 19.5 Å². The molecule has 1 aromatic carbocycles. The van der Waals surface area contributed by atoms with Gasteiger partial charge in [0.15, 0.2) is 5.78 Å². The molecule has 0 bridgehead atoms. The van der Waals surface area contributed by atoms with Crippen LogP contribution in [0.2, 0.25) is 0 Å². The number of hydrogen-bond donors (Lipinski definition) is 2. The molecule has 33 heavy (non-hydrogen) atoms. The number of Topliss-reactive ketones (excluding diaryl/α,β-unsaturated/α-hetero) is 1. The van der Waals surface area contributed by atoms with E-state index >= 15 is 0 Å². The van der Waals surface area contributed by atoms with Gasteiger partial charge in [-0.25, -0.2) is 4.98 Å². The molecule has 0 radical (unpaired) electrons. The number of dihydropyridines is 1. The molecule has 0 fully saturated rings. The molecular formula is C26H29N3O4. The topological polar surface area (TPSA) is 89.5 Å². The SMILES string of the molecule is COc1ccc([C@H]2C(C(=O)Nc3ccccn3)=C(C)NC3=C2C(=O)CC(C)(C)C3)c(OC)c1. The summed E-state index contributed by atoms with van der Waals surface area (Å²) in [6, 6.07) is 10.8. The average molecular weight is 448 g/mol. The van der Waals surface area contributed by atoms with Crippen molar-refractivity contribution in [3.63, 3.8) is 0 Å². The van der Waals surface area contributed by atoms with E-state index in [4.69, 9.17) is 9.47 Å². The first-order valence-corrected chi connectivity index (χ1v) is 10.9. The zero-order chi connectivity index (χ0) is 23.8. The molecule has 7 nitrogen and oxygen atoms in total. The minimum atomic E-state index is -0.575. The van der Waals surface area contributed by atoms with Gasteiger partial charge in [-0.3, -0.25) is 9.59 Å². The highest BCUT2D eigenvalue weighted by Crippen LogP contribution is 2.49. The molecule has 0 saturated heterocycles. The molecule has 1 aliphatic carbocycles. The highest BCUT2D eigenvalue weighted by atomic mass is 16.5. The van der Waals surface area contributed by atoms with E-state index in [1.165, 1.54) is 0 Å². The second-order valence-electron chi connectivity index (χ2n) is 9.21. The first kappa shape index (κ1) is 22.6. The lowest BCUT2D eigenvalue weighted by molar-refractivity contribution is -0.118. The summed E-state index contributed by atoms with van der Waals surface area (Å²) in [6.07, 6.45) is 2.75. The van der Waals surface area contributed by atoms with E-state index < -0.39 is 5.92 Å². The number of nitrogens with one attached hydrogen (secondary N) is 2. The molecular weight excluding hydrogens is 418 g/mol. The van der Waals surface area contributed by atoms with Crippen LogP contribution >= 0.6 is 0 Å². The molecule has 0 saturated carbocycles. The summed E-state index contributed by atoms with van der Waals surface area (Å²) in [4.78, 5) is 31.2. The molecule has 1 amide bonds. The molecule has 2 N–H and O–H groups in total. The standard InChI is InChI=1S/C26H29N3O4/c1-15-22(25(31)29-21-8-6-7-11-27-21)23(17-10-9-16(32-4)12-20(17)33-5)24-18(28-15)13-26(2,3)14-19(24)30/h6-12,23,28H,13-14H2,1-5H3,(H,27,29,31)/t23-/m0/s1. The fraction of sp³-hybridized carbons (Fsp3) is 0.346. The smallest absolute Gasteiger partial charge is 0.255 e. The number of benzene rings is 1. The average Bonchev–Trinajstić information content (AvgIpc) is 2.77. The van der Waals surface area contributed by atoms with Crippen LogP contribution in [0.5, 0.6) is 11.5 Å². The number of ether oxygens (including phenoxy) is 2. The summed E-state index contributed by atoms with van der Waals surface area (Å²) in [7, 11) is 3.16. The minimum Gasteiger partial charge on any atom is -0.497 e. The van der Waals surface area contributed by atoms with Crippen LogP contribution in [0.4, 0.5) is 5.82 Å².